The molecule has 1 unspecified atom stereocenters. The van der Waals surface area contributed by atoms with Crippen molar-refractivity contribution in [3.8, 4) is 6.07 Å². The molecule has 0 saturated carbocycles. The number of morpholine rings is 1. The zero-order valence-electron chi connectivity index (χ0n) is 8.68. The van der Waals surface area contributed by atoms with E-state index in [1.54, 1.807) is 12.3 Å². The molecule has 15 heavy (non-hydrogen) atoms. The molecule has 1 saturated heterocycles. The zero-order valence-corrected chi connectivity index (χ0v) is 8.68. The second-order valence-electron chi connectivity index (χ2n) is 3.64. The van der Waals surface area contributed by atoms with Crippen molar-refractivity contribution in [1.82, 2.24) is 4.98 Å². The van der Waals surface area contributed by atoms with Crippen LogP contribution in [-0.2, 0) is 4.74 Å². The van der Waals surface area contributed by atoms with Gasteiger partial charge in [-0.25, -0.2) is 4.98 Å². The van der Waals surface area contributed by atoms with Gasteiger partial charge in [0.25, 0.3) is 0 Å². The summed E-state index contributed by atoms with van der Waals surface area (Å²) in [4.78, 5) is 6.43. The SMILES string of the molecule is CC1CN(c2ccc(C#N)cn2)CCO1. The molecule has 0 aromatic carbocycles. The van der Waals surface area contributed by atoms with Gasteiger partial charge in [0, 0.05) is 19.3 Å². The van der Waals surface area contributed by atoms with Crippen molar-refractivity contribution in [2.45, 2.75) is 13.0 Å². The molecule has 78 valence electrons. The lowest BCUT2D eigenvalue weighted by molar-refractivity contribution is 0.0529. The molecule has 1 atom stereocenters. The van der Waals surface area contributed by atoms with Crippen LogP contribution >= 0.6 is 0 Å². The van der Waals surface area contributed by atoms with Crippen molar-refractivity contribution in [2.24, 2.45) is 0 Å². The molecule has 2 heterocycles. The van der Waals surface area contributed by atoms with Crippen LogP contribution in [0.1, 0.15) is 12.5 Å². The summed E-state index contributed by atoms with van der Waals surface area (Å²) in [6.07, 6.45) is 1.85. The Hall–Kier alpha value is -1.60. The third kappa shape index (κ3) is 2.25. The Morgan fingerprint density at radius 2 is 2.47 bits per heavy atom. The highest BCUT2D eigenvalue weighted by Gasteiger charge is 2.17. The molecule has 0 spiro atoms. The van der Waals surface area contributed by atoms with Crippen LogP contribution in [0.25, 0.3) is 0 Å². The summed E-state index contributed by atoms with van der Waals surface area (Å²) < 4.78 is 5.45. The summed E-state index contributed by atoms with van der Waals surface area (Å²) in [5, 5.41) is 8.66. The van der Waals surface area contributed by atoms with E-state index in [4.69, 9.17) is 10.00 Å². The number of hydrogen-bond donors (Lipinski definition) is 0. The Bertz CT molecular complexity index is 368. The van der Waals surface area contributed by atoms with E-state index in [0.717, 1.165) is 25.5 Å². The smallest absolute Gasteiger partial charge is 0.128 e. The first-order valence-electron chi connectivity index (χ1n) is 5.02. The predicted octanol–water partition coefficient (Wildman–Crippen LogP) is 1.18. The maximum atomic E-state index is 8.66. The zero-order chi connectivity index (χ0) is 10.7. The number of nitrogens with zero attached hydrogens (tertiary/aromatic N) is 3. The maximum absolute atomic E-state index is 8.66. The Balaban J connectivity index is 2.12. The molecule has 4 nitrogen and oxygen atoms in total. The summed E-state index contributed by atoms with van der Waals surface area (Å²) in [6, 6.07) is 5.74. The molecule has 1 aliphatic heterocycles. The van der Waals surface area contributed by atoms with Crippen molar-refractivity contribution in [3.63, 3.8) is 0 Å². The summed E-state index contributed by atoms with van der Waals surface area (Å²) >= 11 is 0. The molecular formula is C11H13N3O. The van der Waals surface area contributed by atoms with Crippen molar-refractivity contribution < 1.29 is 4.74 Å². The molecule has 0 amide bonds. The van der Waals surface area contributed by atoms with E-state index < -0.39 is 0 Å². The van der Waals surface area contributed by atoms with Gasteiger partial charge in [0.15, 0.2) is 0 Å². The van der Waals surface area contributed by atoms with Gasteiger partial charge in [-0.2, -0.15) is 5.26 Å². The largest absolute Gasteiger partial charge is 0.375 e. The first kappa shape index (κ1) is 9.94. The first-order valence-corrected chi connectivity index (χ1v) is 5.02. The van der Waals surface area contributed by atoms with Gasteiger partial charge in [-0.1, -0.05) is 0 Å². The minimum absolute atomic E-state index is 0.246. The van der Waals surface area contributed by atoms with Crippen LogP contribution in [0.4, 0.5) is 5.82 Å². The normalized spacial score (nSPS) is 21.1. The summed E-state index contributed by atoms with van der Waals surface area (Å²) in [5.74, 6) is 0.921. The van der Waals surface area contributed by atoms with Crippen LogP contribution in [0, 0.1) is 11.3 Å². The number of aromatic nitrogens is 1. The second kappa shape index (κ2) is 4.28. The molecule has 2 rings (SSSR count). The Morgan fingerprint density at radius 1 is 1.60 bits per heavy atom. The lowest BCUT2D eigenvalue weighted by Crippen LogP contribution is -2.41. The Kier molecular flexibility index (Phi) is 2.84. The molecule has 1 aliphatic rings. The predicted molar refractivity (Wildman–Crippen MR) is 56.6 cm³/mol. The van der Waals surface area contributed by atoms with Gasteiger partial charge in [-0.15, -0.1) is 0 Å². The monoisotopic (exact) mass is 203 g/mol. The average Bonchev–Trinajstić information content (AvgIpc) is 2.29. The lowest BCUT2D eigenvalue weighted by Gasteiger charge is -2.31. The number of ether oxygens (including phenoxy) is 1. The molecule has 0 N–H and O–H groups in total. The number of rotatable bonds is 1. The van der Waals surface area contributed by atoms with Gasteiger partial charge in [0.05, 0.1) is 18.3 Å². The quantitative estimate of drug-likeness (QED) is 0.687. The molecule has 1 fully saturated rings. The molecule has 1 aromatic rings. The van der Waals surface area contributed by atoms with Gasteiger partial charge in [0.1, 0.15) is 11.9 Å². The van der Waals surface area contributed by atoms with Crippen molar-refractivity contribution >= 4 is 5.82 Å². The van der Waals surface area contributed by atoms with Gasteiger partial charge in [0.2, 0.25) is 0 Å². The summed E-state index contributed by atoms with van der Waals surface area (Å²) in [7, 11) is 0. The molecule has 0 bridgehead atoms. The Morgan fingerprint density at radius 3 is 3.07 bits per heavy atom. The van der Waals surface area contributed by atoms with E-state index in [1.165, 1.54) is 0 Å². The lowest BCUT2D eigenvalue weighted by atomic mass is 10.2. The molecular weight excluding hydrogens is 190 g/mol. The number of anilines is 1. The van der Waals surface area contributed by atoms with Crippen LogP contribution in [-0.4, -0.2) is 30.8 Å². The standard InChI is InChI=1S/C11H13N3O/c1-9-8-14(4-5-15-9)11-3-2-10(6-12)7-13-11/h2-3,7,9H,4-5,8H2,1H3. The van der Waals surface area contributed by atoms with Crippen LogP contribution in [0.3, 0.4) is 0 Å². The van der Waals surface area contributed by atoms with Gasteiger partial charge < -0.3 is 9.64 Å². The van der Waals surface area contributed by atoms with Crippen molar-refractivity contribution in [2.75, 3.05) is 24.6 Å². The van der Waals surface area contributed by atoms with Gasteiger partial charge in [-0.05, 0) is 19.1 Å². The highest BCUT2D eigenvalue weighted by Crippen LogP contribution is 2.14. The molecule has 0 aliphatic carbocycles. The van der Waals surface area contributed by atoms with E-state index in [-0.39, 0.29) is 6.10 Å². The van der Waals surface area contributed by atoms with E-state index in [1.807, 2.05) is 6.07 Å². The van der Waals surface area contributed by atoms with Crippen LogP contribution in [0.2, 0.25) is 0 Å². The second-order valence-corrected chi connectivity index (χ2v) is 3.64. The van der Waals surface area contributed by atoms with Crippen LogP contribution < -0.4 is 4.90 Å². The third-order valence-electron chi connectivity index (χ3n) is 2.44. The minimum atomic E-state index is 0.246. The van der Waals surface area contributed by atoms with Gasteiger partial charge in [-0.3, -0.25) is 0 Å². The number of hydrogen-bond acceptors (Lipinski definition) is 4. The Labute approximate surface area is 89.1 Å². The number of nitriles is 1. The third-order valence-corrected chi connectivity index (χ3v) is 2.44. The van der Waals surface area contributed by atoms with Crippen molar-refractivity contribution in [3.05, 3.63) is 23.9 Å². The number of pyridine rings is 1. The molecule has 1 aromatic heterocycles. The molecule has 0 radical (unpaired) electrons. The van der Waals surface area contributed by atoms with E-state index in [2.05, 4.69) is 22.9 Å². The fourth-order valence-electron chi connectivity index (χ4n) is 1.67. The fourth-order valence-corrected chi connectivity index (χ4v) is 1.67. The fraction of sp³-hybridized carbons (Fsp3) is 0.455. The van der Waals surface area contributed by atoms with E-state index >= 15 is 0 Å². The van der Waals surface area contributed by atoms with E-state index in [0.29, 0.717) is 5.56 Å². The van der Waals surface area contributed by atoms with Crippen LogP contribution in [0.15, 0.2) is 18.3 Å². The van der Waals surface area contributed by atoms with Crippen LogP contribution in [0.5, 0.6) is 0 Å². The highest BCUT2D eigenvalue weighted by atomic mass is 16.5. The minimum Gasteiger partial charge on any atom is -0.375 e. The summed E-state index contributed by atoms with van der Waals surface area (Å²) in [6.45, 7) is 4.51. The van der Waals surface area contributed by atoms with Gasteiger partial charge >= 0.3 is 0 Å². The first-order chi connectivity index (χ1) is 7.29. The average molecular weight is 203 g/mol. The molecule has 4 heteroatoms. The highest BCUT2D eigenvalue weighted by molar-refractivity contribution is 5.42. The van der Waals surface area contributed by atoms with Crippen molar-refractivity contribution in [1.29, 1.82) is 5.26 Å². The topological polar surface area (TPSA) is 49.2 Å². The maximum Gasteiger partial charge on any atom is 0.128 e. The summed E-state index contributed by atoms with van der Waals surface area (Å²) in [5.41, 5.74) is 0.597. The van der Waals surface area contributed by atoms with E-state index in [9.17, 15) is 0 Å².